The van der Waals surface area contributed by atoms with Crippen LogP contribution in [0.25, 0.3) is 21.5 Å². The van der Waals surface area contributed by atoms with Gasteiger partial charge in [-0.2, -0.15) is 0 Å². The van der Waals surface area contributed by atoms with Crippen LogP contribution in [-0.4, -0.2) is 0 Å². The summed E-state index contributed by atoms with van der Waals surface area (Å²) in [5.74, 6) is 0. The lowest BCUT2D eigenvalue weighted by Crippen LogP contribution is -2.30. The quantitative estimate of drug-likeness (QED) is 0.395. The Bertz CT molecular complexity index is 623. The highest BCUT2D eigenvalue weighted by molar-refractivity contribution is 5.97. The molecule has 0 fully saturated rings. The van der Waals surface area contributed by atoms with E-state index in [9.17, 15) is 0 Å². The van der Waals surface area contributed by atoms with Gasteiger partial charge in [-0.25, -0.2) is 4.57 Å². The zero-order valence-corrected chi connectivity index (χ0v) is 9.57. The van der Waals surface area contributed by atoms with Gasteiger partial charge in [0.1, 0.15) is 7.05 Å². The van der Waals surface area contributed by atoms with E-state index in [1.165, 1.54) is 27.2 Å². The summed E-state index contributed by atoms with van der Waals surface area (Å²) in [7, 11) is 2.09. The number of rotatable bonds is 0. The Balaban J connectivity index is 2.46. The highest BCUT2D eigenvalue weighted by Gasteiger charge is 2.05. The molecule has 0 N–H and O–H groups in total. The first-order chi connectivity index (χ1) is 7.74. The Kier molecular flexibility index (Phi) is 1.93. The fraction of sp³-hybridized carbons (Fsp3) is 0.133. The van der Waals surface area contributed by atoms with Gasteiger partial charge in [0.2, 0.25) is 0 Å². The smallest absolute Gasteiger partial charge is 0.178 e. The van der Waals surface area contributed by atoms with Crippen molar-refractivity contribution >= 4 is 21.5 Å². The molecule has 0 bridgehead atoms. The first kappa shape index (κ1) is 9.34. The van der Waals surface area contributed by atoms with Crippen molar-refractivity contribution in [2.75, 3.05) is 0 Å². The number of aromatic nitrogens is 1. The molecular weight excluding hydrogens is 194 g/mol. The molecule has 0 atom stereocenters. The van der Waals surface area contributed by atoms with Crippen molar-refractivity contribution in [2.45, 2.75) is 6.92 Å². The zero-order chi connectivity index (χ0) is 11.1. The van der Waals surface area contributed by atoms with Crippen LogP contribution in [0.3, 0.4) is 0 Å². The van der Waals surface area contributed by atoms with Crippen molar-refractivity contribution in [3.8, 4) is 0 Å². The Morgan fingerprint density at radius 3 is 2.12 bits per heavy atom. The fourth-order valence-electron chi connectivity index (χ4n) is 2.15. The second-order valence-corrected chi connectivity index (χ2v) is 4.35. The predicted molar refractivity (Wildman–Crippen MR) is 67.4 cm³/mol. The highest BCUT2D eigenvalue weighted by atomic mass is 14.9. The third kappa shape index (κ3) is 1.36. The van der Waals surface area contributed by atoms with Gasteiger partial charge in [-0.05, 0) is 28.3 Å². The SMILES string of the molecule is Cc1cc2cc3ccccc3cc2c[n+]1C. The number of hydrogen-bond donors (Lipinski definition) is 0. The normalized spacial score (nSPS) is 11.1. The molecule has 1 heteroatoms. The maximum atomic E-state index is 2.26. The van der Waals surface area contributed by atoms with E-state index in [4.69, 9.17) is 0 Å². The van der Waals surface area contributed by atoms with Gasteiger partial charge >= 0.3 is 0 Å². The fourth-order valence-corrected chi connectivity index (χ4v) is 2.15. The summed E-state index contributed by atoms with van der Waals surface area (Å²) >= 11 is 0. The van der Waals surface area contributed by atoms with Gasteiger partial charge in [0.05, 0.1) is 0 Å². The van der Waals surface area contributed by atoms with E-state index in [2.05, 4.69) is 67.2 Å². The molecule has 78 valence electrons. The molecule has 1 nitrogen and oxygen atoms in total. The third-order valence-electron chi connectivity index (χ3n) is 3.20. The van der Waals surface area contributed by atoms with Crippen LogP contribution in [-0.2, 0) is 7.05 Å². The maximum absolute atomic E-state index is 2.26. The van der Waals surface area contributed by atoms with E-state index >= 15 is 0 Å². The number of fused-ring (bicyclic) bond motifs is 2. The van der Waals surface area contributed by atoms with Crippen LogP contribution in [0.2, 0.25) is 0 Å². The summed E-state index contributed by atoms with van der Waals surface area (Å²) in [5, 5.41) is 5.23. The minimum absolute atomic E-state index is 1.28. The van der Waals surface area contributed by atoms with Crippen molar-refractivity contribution in [1.29, 1.82) is 0 Å². The molecule has 0 radical (unpaired) electrons. The Hall–Kier alpha value is -1.89. The molecule has 0 saturated heterocycles. The summed E-state index contributed by atoms with van der Waals surface area (Å²) in [6, 6.07) is 15.3. The minimum Gasteiger partial charge on any atom is -0.205 e. The van der Waals surface area contributed by atoms with Crippen LogP contribution < -0.4 is 4.57 Å². The van der Waals surface area contributed by atoms with E-state index in [0.717, 1.165) is 0 Å². The summed E-state index contributed by atoms with van der Waals surface area (Å²) in [4.78, 5) is 0. The van der Waals surface area contributed by atoms with Gasteiger partial charge in [-0.3, -0.25) is 0 Å². The molecule has 0 aliphatic carbocycles. The Labute approximate surface area is 95.0 Å². The van der Waals surface area contributed by atoms with E-state index in [0.29, 0.717) is 0 Å². The van der Waals surface area contributed by atoms with Crippen molar-refractivity contribution in [3.63, 3.8) is 0 Å². The molecule has 0 unspecified atom stereocenters. The number of hydrogen-bond acceptors (Lipinski definition) is 0. The van der Waals surface area contributed by atoms with Crippen LogP contribution in [0.4, 0.5) is 0 Å². The molecule has 2 aromatic carbocycles. The second-order valence-electron chi connectivity index (χ2n) is 4.35. The topological polar surface area (TPSA) is 3.88 Å². The molecule has 16 heavy (non-hydrogen) atoms. The van der Waals surface area contributed by atoms with Crippen LogP contribution in [0, 0.1) is 6.92 Å². The lowest BCUT2D eigenvalue weighted by atomic mass is 10.0. The standard InChI is InChI=1S/C15H14N/c1-11-7-14-8-12-5-3-4-6-13(12)9-15(14)10-16(11)2/h3-10H,1-2H3/q+1. The molecule has 1 aromatic heterocycles. The lowest BCUT2D eigenvalue weighted by Gasteiger charge is -2.02. The third-order valence-corrected chi connectivity index (χ3v) is 3.20. The van der Waals surface area contributed by atoms with E-state index in [-0.39, 0.29) is 0 Å². The second kappa shape index (κ2) is 3.31. The summed E-state index contributed by atoms with van der Waals surface area (Å²) in [6.07, 6.45) is 2.19. The van der Waals surface area contributed by atoms with Gasteiger partial charge < -0.3 is 0 Å². The van der Waals surface area contributed by atoms with Gasteiger partial charge in [0.25, 0.3) is 0 Å². The first-order valence-electron chi connectivity index (χ1n) is 5.53. The average Bonchev–Trinajstić information content (AvgIpc) is 2.28. The average molecular weight is 208 g/mol. The van der Waals surface area contributed by atoms with Crippen molar-refractivity contribution in [2.24, 2.45) is 7.05 Å². The molecule has 0 saturated carbocycles. The number of pyridine rings is 1. The molecule has 0 aliphatic heterocycles. The minimum atomic E-state index is 1.28. The predicted octanol–water partition coefficient (Wildman–Crippen LogP) is 3.13. The van der Waals surface area contributed by atoms with Crippen LogP contribution >= 0.6 is 0 Å². The van der Waals surface area contributed by atoms with Crippen molar-refractivity contribution < 1.29 is 4.57 Å². The van der Waals surface area contributed by atoms with Crippen LogP contribution in [0.15, 0.2) is 48.7 Å². The number of aryl methyl sites for hydroxylation is 2. The number of benzene rings is 2. The molecule has 0 spiro atoms. The van der Waals surface area contributed by atoms with E-state index in [1.54, 1.807) is 0 Å². The molecule has 0 amide bonds. The van der Waals surface area contributed by atoms with Gasteiger partial charge in [-0.1, -0.05) is 24.3 Å². The monoisotopic (exact) mass is 208 g/mol. The van der Waals surface area contributed by atoms with Gasteiger partial charge in [0.15, 0.2) is 11.9 Å². The molecule has 3 aromatic rings. The summed E-state index contributed by atoms with van der Waals surface area (Å²) < 4.78 is 2.16. The first-order valence-corrected chi connectivity index (χ1v) is 5.53. The lowest BCUT2D eigenvalue weighted by molar-refractivity contribution is -0.676. The summed E-state index contributed by atoms with van der Waals surface area (Å²) in [5.41, 5.74) is 1.28. The Morgan fingerprint density at radius 1 is 0.812 bits per heavy atom. The van der Waals surface area contributed by atoms with E-state index < -0.39 is 0 Å². The maximum Gasteiger partial charge on any atom is 0.178 e. The summed E-state index contributed by atoms with van der Waals surface area (Å²) in [6.45, 7) is 2.13. The van der Waals surface area contributed by atoms with Crippen LogP contribution in [0.1, 0.15) is 5.69 Å². The largest absolute Gasteiger partial charge is 0.205 e. The highest BCUT2D eigenvalue weighted by Crippen LogP contribution is 2.21. The molecule has 0 aliphatic rings. The van der Waals surface area contributed by atoms with Gasteiger partial charge in [0, 0.05) is 18.4 Å². The molecular formula is C15H14N+. The van der Waals surface area contributed by atoms with Crippen LogP contribution in [0.5, 0.6) is 0 Å². The number of nitrogens with zero attached hydrogens (tertiary/aromatic N) is 1. The van der Waals surface area contributed by atoms with Crippen molar-refractivity contribution in [1.82, 2.24) is 0 Å². The Morgan fingerprint density at radius 2 is 1.44 bits per heavy atom. The molecule has 1 heterocycles. The molecule has 3 rings (SSSR count). The zero-order valence-electron chi connectivity index (χ0n) is 9.57. The van der Waals surface area contributed by atoms with E-state index in [1.807, 2.05) is 0 Å². The van der Waals surface area contributed by atoms with Gasteiger partial charge in [-0.15, -0.1) is 0 Å². The van der Waals surface area contributed by atoms with Crippen molar-refractivity contribution in [3.05, 3.63) is 54.4 Å².